The molecule has 0 amide bonds. The van der Waals surface area contributed by atoms with Gasteiger partial charge >= 0.3 is 5.97 Å². The van der Waals surface area contributed by atoms with Crippen molar-refractivity contribution in [1.29, 1.82) is 0 Å². The number of likely N-dealkylation sites (tertiary alicyclic amines) is 1. The van der Waals surface area contributed by atoms with Gasteiger partial charge in [-0.15, -0.1) is 0 Å². The lowest BCUT2D eigenvalue weighted by Gasteiger charge is -2.31. The van der Waals surface area contributed by atoms with Gasteiger partial charge in [0.1, 0.15) is 12.4 Å². The van der Waals surface area contributed by atoms with E-state index in [1.54, 1.807) is 24.3 Å². The smallest absolute Gasteiger partial charge is 0.335 e. The Morgan fingerprint density at radius 1 is 1.11 bits per heavy atom. The van der Waals surface area contributed by atoms with Crippen molar-refractivity contribution < 1.29 is 14.6 Å². The van der Waals surface area contributed by atoms with Crippen molar-refractivity contribution in [3.05, 3.63) is 65.9 Å². The lowest BCUT2D eigenvalue weighted by atomic mass is 9.89. The number of hydrogen-bond acceptors (Lipinski definition) is 3. The predicted octanol–water partition coefficient (Wildman–Crippen LogP) is 4.12. The van der Waals surface area contributed by atoms with Gasteiger partial charge in [0, 0.05) is 23.6 Å². The van der Waals surface area contributed by atoms with Crippen molar-refractivity contribution in [2.75, 3.05) is 26.2 Å². The monoisotopic (exact) mass is 364 g/mol. The Morgan fingerprint density at radius 2 is 1.85 bits per heavy atom. The zero-order valence-corrected chi connectivity index (χ0v) is 15.2. The van der Waals surface area contributed by atoms with Crippen LogP contribution in [0.2, 0.25) is 0 Å². The molecule has 1 fully saturated rings. The number of H-pyrrole nitrogens is 1. The van der Waals surface area contributed by atoms with E-state index in [2.05, 4.69) is 40.3 Å². The van der Waals surface area contributed by atoms with Gasteiger partial charge in [0.2, 0.25) is 0 Å². The average Bonchev–Trinajstić information content (AvgIpc) is 3.13. The number of nitrogens with one attached hydrogen (secondary N) is 1. The van der Waals surface area contributed by atoms with Gasteiger partial charge in [-0.25, -0.2) is 4.79 Å². The van der Waals surface area contributed by atoms with Crippen molar-refractivity contribution >= 4 is 16.9 Å². The van der Waals surface area contributed by atoms with Crippen LogP contribution >= 0.6 is 0 Å². The lowest BCUT2D eigenvalue weighted by Crippen LogP contribution is -2.35. The Hall–Kier alpha value is -2.79. The van der Waals surface area contributed by atoms with Crippen LogP contribution in [-0.4, -0.2) is 47.2 Å². The molecule has 0 saturated carbocycles. The van der Waals surface area contributed by atoms with Crippen LogP contribution in [0.1, 0.15) is 34.7 Å². The highest BCUT2D eigenvalue weighted by molar-refractivity contribution is 5.87. The summed E-state index contributed by atoms with van der Waals surface area (Å²) >= 11 is 0. The molecule has 1 aliphatic heterocycles. The molecule has 1 aromatic heterocycles. The molecule has 4 rings (SSSR count). The highest BCUT2D eigenvalue weighted by atomic mass is 16.5. The minimum Gasteiger partial charge on any atom is -0.492 e. The SMILES string of the molecule is O=C(O)c1ccc(OCCN2CCC(c3c[nH]c4ccccc34)CC2)cc1. The zero-order valence-electron chi connectivity index (χ0n) is 15.2. The highest BCUT2D eigenvalue weighted by Gasteiger charge is 2.22. The molecule has 140 valence electrons. The minimum absolute atomic E-state index is 0.279. The Balaban J connectivity index is 1.25. The van der Waals surface area contributed by atoms with Crippen LogP contribution in [0.25, 0.3) is 10.9 Å². The van der Waals surface area contributed by atoms with Gasteiger partial charge < -0.3 is 14.8 Å². The third kappa shape index (κ3) is 3.98. The van der Waals surface area contributed by atoms with Crippen molar-refractivity contribution in [2.45, 2.75) is 18.8 Å². The predicted molar refractivity (Wildman–Crippen MR) is 106 cm³/mol. The first-order valence-corrected chi connectivity index (χ1v) is 9.45. The van der Waals surface area contributed by atoms with Crippen molar-refractivity contribution in [3.8, 4) is 5.75 Å². The van der Waals surface area contributed by atoms with E-state index in [0.717, 1.165) is 32.5 Å². The van der Waals surface area contributed by atoms with E-state index >= 15 is 0 Å². The number of aromatic carboxylic acids is 1. The van der Waals surface area contributed by atoms with Gasteiger partial charge in [-0.05, 0) is 67.7 Å². The summed E-state index contributed by atoms with van der Waals surface area (Å²) < 4.78 is 5.76. The van der Waals surface area contributed by atoms with E-state index < -0.39 is 5.97 Å². The van der Waals surface area contributed by atoms with E-state index in [1.807, 2.05) is 0 Å². The van der Waals surface area contributed by atoms with Crippen molar-refractivity contribution in [1.82, 2.24) is 9.88 Å². The standard InChI is InChI=1S/C22H24N2O3/c25-22(26)17-5-7-18(8-6-17)27-14-13-24-11-9-16(10-12-24)20-15-23-21-4-2-1-3-19(20)21/h1-8,15-16,23H,9-14H2,(H,25,26). The summed E-state index contributed by atoms with van der Waals surface area (Å²) in [7, 11) is 0. The summed E-state index contributed by atoms with van der Waals surface area (Å²) in [6.07, 6.45) is 4.50. The molecule has 0 aliphatic carbocycles. The van der Waals surface area contributed by atoms with E-state index in [4.69, 9.17) is 9.84 Å². The van der Waals surface area contributed by atoms with Crippen molar-refractivity contribution in [2.24, 2.45) is 0 Å². The molecule has 5 heteroatoms. The summed E-state index contributed by atoms with van der Waals surface area (Å²) in [5, 5.41) is 10.3. The molecule has 1 saturated heterocycles. The molecule has 0 bridgehead atoms. The van der Waals surface area contributed by atoms with Gasteiger partial charge in [0.05, 0.1) is 5.56 Å². The maximum Gasteiger partial charge on any atom is 0.335 e. The molecule has 0 atom stereocenters. The average molecular weight is 364 g/mol. The first-order chi connectivity index (χ1) is 13.2. The molecule has 1 aliphatic rings. The molecule has 0 spiro atoms. The number of rotatable bonds is 6. The van der Waals surface area contributed by atoms with Crippen LogP contribution in [0.3, 0.4) is 0 Å². The number of ether oxygens (including phenoxy) is 1. The van der Waals surface area contributed by atoms with Crippen LogP contribution in [-0.2, 0) is 0 Å². The molecular formula is C22H24N2O3. The summed E-state index contributed by atoms with van der Waals surface area (Å²) in [6, 6.07) is 15.1. The molecule has 27 heavy (non-hydrogen) atoms. The third-order valence-corrected chi connectivity index (χ3v) is 5.43. The Morgan fingerprint density at radius 3 is 2.59 bits per heavy atom. The fourth-order valence-corrected chi connectivity index (χ4v) is 3.89. The maximum absolute atomic E-state index is 10.9. The summed E-state index contributed by atoms with van der Waals surface area (Å²) in [6.45, 7) is 3.66. The summed E-state index contributed by atoms with van der Waals surface area (Å²) in [5.74, 6) is 0.412. The quantitative estimate of drug-likeness (QED) is 0.690. The second-order valence-electron chi connectivity index (χ2n) is 7.08. The zero-order chi connectivity index (χ0) is 18.6. The fourth-order valence-electron chi connectivity index (χ4n) is 3.89. The van der Waals surface area contributed by atoms with E-state index in [0.29, 0.717) is 18.3 Å². The minimum atomic E-state index is -0.917. The Bertz CT molecular complexity index is 909. The van der Waals surface area contributed by atoms with Crippen LogP contribution in [0, 0.1) is 0 Å². The van der Waals surface area contributed by atoms with Crippen LogP contribution in [0.4, 0.5) is 0 Å². The van der Waals surface area contributed by atoms with Crippen molar-refractivity contribution in [3.63, 3.8) is 0 Å². The normalized spacial score (nSPS) is 15.9. The molecule has 2 heterocycles. The molecule has 0 radical (unpaired) electrons. The third-order valence-electron chi connectivity index (χ3n) is 5.43. The first-order valence-electron chi connectivity index (χ1n) is 9.45. The van der Waals surface area contributed by atoms with Gasteiger partial charge in [0.15, 0.2) is 0 Å². The number of piperidine rings is 1. The van der Waals surface area contributed by atoms with Crippen LogP contribution in [0.15, 0.2) is 54.7 Å². The molecule has 3 aromatic rings. The van der Waals surface area contributed by atoms with E-state index in [-0.39, 0.29) is 5.56 Å². The number of nitrogens with zero attached hydrogens (tertiary/aromatic N) is 1. The van der Waals surface area contributed by atoms with Gasteiger partial charge in [-0.3, -0.25) is 4.90 Å². The van der Waals surface area contributed by atoms with E-state index in [9.17, 15) is 4.79 Å². The van der Waals surface area contributed by atoms with E-state index in [1.165, 1.54) is 16.5 Å². The molecular weight excluding hydrogens is 340 g/mol. The number of carbonyl (C=O) groups is 1. The molecule has 2 N–H and O–H groups in total. The van der Waals surface area contributed by atoms with Gasteiger partial charge in [-0.2, -0.15) is 0 Å². The van der Waals surface area contributed by atoms with Crippen LogP contribution < -0.4 is 4.74 Å². The number of carboxylic acids is 1. The fraction of sp³-hybridized carbons (Fsp3) is 0.318. The molecule has 5 nitrogen and oxygen atoms in total. The number of aromatic amines is 1. The number of hydrogen-bond donors (Lipinski definition) is 2. The molecule has 0 unspecified atom stereocenters. The number of aromatic nitrogens is 1. The largest absolute Gasteiger partial charge is 0.492 e. The first kappa shape index (κ1) is 17.6. The Kier molecular flexibility index (Phi) is 5.12. The highest BCUT2D eigenvalue weighted by Crippen LogP contribution is 2.32. The van der Waals surface area contributed by atoms with Gasteiger partial charge in [0.25, 0.3) is 0 Å². The molecule has 2 aromatic carbocycles. The summed E-state index contributed by atoms with van der Waals surface area (Å²) in [4.78, 5) is 16.7. The number of benzene rings is 2. The Labute approximate surface area is 158 Å². The maximum atomic E-state index is 10.9. The second kappa shape index (κ2) is 7.84. The van der Waals surface area contributed by atoms with Gasteiger partial charge in [-0.1, -0.05) is 18.2 Å². The second-order valence-corrected chi connectivity index (χ2v) is 7.08. The topological polar surface area (TPSA) is 65.6 Å². The summed E-state index contributed by atoms with van der Waals surface area (Å²) in [5.41, 5.74) is 2.94. The number of fused-ring (bicyclic) bond motifs is 1. The number of carboxylic acid groups (broad SMARTS) is 1. The van der Waals surface area contributed by atoms with Crippen LogP contribution in [0.5, 0.6) is 5.75 Å². The lowest BCUT2D eigenvalue weighted by molar-refractivity contribution is 0.0697. The number of para-hydroxylation sites is 1.